The molecular weight excluding hydrogens is 585 g/mol. The molecule has 218 valence electrons. The van der Waals surface area contributed by atoms with Gasteiger partial charge in [-0.3, -0.25) is 0 Å². The van der Waals surface area contributed by atoms with Crippen molar-refractivity contribution in [3.05, 3.63) is 145 Å². The number of rotatable bonds is 11. The Hall–Kier alpha value is -4.88. The minimum atomic E-state index is -0.401. The zero-order chi connectivity index (χ0) is 31.0. The Morgan fingerprint density at radius 1 is 0.523 bits per heavy atom. The predicted octanol–water partition coefficient (Wildman–Crippen LogP) is 7.80. The molecule has 0 amide bonds. The molecule has 4 nitrogen and oxygen atoms in total. The number of benzene rings is 4. The fourth-order valence-corrected chi connectivity index (χ4v) is 5.23. The molecule has 0 saturated heterocycles. The number of thioether (sulfide) groups is 2. The fraction of sp³-hybridized carbons (Fsp3) is 0.105. The quantitative estimate of drug-likeness (QED) is 0.0565. The molecule has 0 unspecified atom stereocenters. The minimum absolute atomic E-state index is 0.349. The van der Waals surface area contributed by atoms with E-state index in [0.717, 1.165) is 43.2 Å². The van der Waals surface area contributed by atoms with Crippen LogP contribution in [0.25, 0.3) is 11.1 Å². The first kappa shape index (κ1) is 32.0. The first-order chi connectivity index (χ1) is 21.5. The summed E-state index contributed by atoms with van der Waals surface area (Å²) in [7, 11) is 0. The van der Waals surface area contributed by atoms with E-state index in [4.69, 9.17) is 9.47 Å². The topological polar surface area (TPSA) is 52.6 Å². The molecular formula is C38H30O4S2. The molecule has 0 aliphatic rings. The Morgan fingerprint density at radius 2 is 0.818 bits per heavy atom. The van der Waals surface area contributed by atoms with Gasteiger partial charge >= 0.3 is 11.9 Å². The van der Waals surface area contributed by atoms with Crippen LogP contribution < -0.4 is 0 Å². The number of carbonyl (C=O) groups is 2. The summed E-state index contributed by atoms with van der Waals surface area (Å²) in [5, 5.41) is 0. The van der Waals surface area contributed by atoms with E-state index < -0.39 is 11.9 Å². The predicted molar refractivity (Wildman–Crippen MR) is 180 cm³/mol. The molecule has 0 aliphatic carbocycles. The molecule has 6 heteroatoms. The highest BCUT2D eigenvalue weighted by Gasteiger charge is 2.01. The Kier molecular flexibility index (Phi) is 12.6. The number of ether oxygens (including phenoxy) is 2. The second-order valence-corrected chi connectivity index (χ2v) is 11.5. The summed E-state index contributed by atoms with van der Waals surface area (Å²) in [4.78, 5) is 24.4. The highest BCUT2D eigenvalue weighted by atomic mass is 32.2. The van der Waals surface area contributed by atoms with E-state index in [1.165, 1.54) is 12.2 Å². The van der Waals surface area contributed by atoms with Crippen molar-refractivity contribution >= 4 is 35.5 Å². The van der Waals surface area contributed by atoms with Gasteiger partial charge in [-0.2, -0.15) is 0 Å². The van der Waals surface area contributed by atoms with Gasteiger partial charge in [0.2, 0.25) is 0 Å². The molecule has 44 heavy (non-hydrogen) atoms. The molecule has 0 spiro atoms. The zero-order valence-electron chi connectivity index (χ0n) is 24.1. The van der Waals surface area contributed by atoms with Crippen LogP contribution in [-0.4, -0.2) is 36.7 Å². The molecule has 0 fully saturated rings. The van der Waals surface area contributed by atoms with Crippen LogP contribution in [0, 0.1) is 23.7 Å². The van der Waals surface area contributed by atoms with Crippen molar-refractivity contribution in [2.24, 2.45) is 0 Å². The average Bonchev–Trinajstić information content (AvgIpc) is 3.08. The SMILES string of the molecule is C=CC(=O)OCCSc1ccc(C#Cc2ccc(-c3ccc(C#Cc4ccc(SCCOC(=O)C=C)cc4)cc3)cc2)cc1. The first-order valence-electron chi connectivity index (χ1n) is 13.8. The van der Waals surface area contributed by atoms with Crippen LogP contribution in [0.2, 0.25) is 0 Å². The van der Waals surface area contributed by atoms with Gasteiger partial charge in [0.15, 0.2) is 0 Å². The first-order valence-corrected chi connectivity index (χ1v) is 15.8. The van der Waals surface area contributed by atoms with Crippen LogP contribution >= 0.6 is 23.5 Å². The maximum Gasteiger partial charge on any atom is 0.330 e. The highest BCUT2D eigenvalue weighted by Crippen LogP contribution is 2.21. The second-order valence-electron chi connectivity index (χ2n) is 9.14. The Labute approximate surface area is 267 Å². The van der Waals surface area contributed by atoms with Crippen LogP contribution in [0.3, 0.4) is 0 Å². The van der Waals surface area contributed by atoms with Crippen LogP contribution in [0.5, 0.6) is 0 Å². The van der Waals surface area contributed by atoms with Gasteiger partial charge in [-0.25, -0.2) is 9.59 Å². The molecule has 4 aromatic carbocycles. The standard InChI is InChI=1S/C38H30O4S2/c1-3-37(39)41-25-27-43-35-21-13-31(14-22-35)7-5-29-9-17-33(18-10-29)34-19-11-30(12-20-34)6-8-32-15-23-36(24-16-32)44-28-26-42-38(40)4-2/h3-4,9-24H,1-2,25-28H2. The van der Waals surface area contributed by atoms with Gasteiger partial charge in [0.1, 0.15) is 13.2 Å². The molecule has 4 aromatic rings. The van der Waals surface area contributed by atoms with Crippen molar-refractivity contribution in [1.82, 2.24) is 0 Å². The van der Waals surface area contributed by atoms with Crippen molar-refractivity contribution in [2.45, 2.75) is 9.79 Å². The normalized spacial score (nSPS) is 9.91. The maximum absolute atomic E-state index is 11.1. The van der Waals surface area contributed by atoms with Gasteiger partial charge in [-0.1, -0.05) is 61.1 Å². The smallest absolute Gasteiger partial charge is 0.330 e. The molecule has 4 rings (SSSR count). The fourth-order valence-electron chi connectivity index (χ4n) is 3.77. The van der Waals surface area contributed by atoms with Crippen molar-refractivity contribution in [3.63, 3.8) is 0 Å². The van der Waals surface area contributed by atoms with Gasteiger partial charge in [0, 0.05) is 55.7 Å². The lowest BCUT2D eigenvalue weighted by atomic mass is 10.0. The summed E-state index contributed by atoms with van der Waals surface area (Å²) < 4.78 is 9.99. The van der Waals surface area contributed by atoms with Crippen LogP contribution in [0.4, 0.5) is 0 Å². The van der Waals surface area contributed by atoms with E-state index in [2.05, 4.69) is 61.1 Å². The van der Waals surface area contributed by atoms with E-state index in [1.807, 2.05) is 72.8 Å². The van der Waals surface area contributed by atoms with E-state index in [-0.39, 0.29) is 0 Å². The summed E-state index contributed by atoms with van der Waals surface area (Å²) in [5.41, 5.74) is 5.99. The molecule has 0 bridgehead atoms. The zero-order valence-corrected chi connectivity index (χ0v) is 25.7. The Bertz CT molecular complexity index is 1570. The summed E-state index contributed by atoms with van der Waals surface area (Å²) in [6.07, 6.45) is 2.34. The molecule has 0 aromatic heterocycles. The van der Waals surface area contributed by atoms with Crippen molar-refractivity contribution in [2.75, 3.05) is 24.7 Å². The van der Waals surface area contributed by atoms with E-state index >= 15 is 0 Å². The third kappa shape index (κ3) is 10.7. The van der Waals surface area contributed by atoms with Gasteiger partial charge in [-0.15, -0.1) is 23.5 Å². The number of esters is 2. The highest BCUT2D eigenvalue weighted by molar-refractivity contribution is 7.99. The molecule has 0 N–H and O–H groups in total. The van der Waals surface area contributed by atoms with Crippen molar-refractivity contribution < 1.29 is 19.1 Å². The summed E-state index contributed by atoms with van der Waals surface area (Å²) in [6, 6.07) is 32.5. The number of hydrogen-bond donors (Lipinski definition) is 0. The van der Waals surface area contributed by atoms with Gasteiger partial charge in [0.05, 0.1) is 0 Å². The lowest BCUT2D eigenvalue weighted by Crippen LogP contribution is -2.03. The number of hydrogen-bond acceptors (Lipinski definition) is 6. The van der Waals surface area contributed by atoms with E-state index in [9.17, 15) is 9.59 Å². The molecule has 0 aliphatic heterocycles. The van der Waals surface area contributed by atoms with Gasteiger partial charge in [0.25, 0.3) is 0 Å². The van der Waals surface area contributed by atoms with Crippen LogP contribution in [-0.2, 0) is 19.1 Å². The van der Waals surface area contributed by atoms with Crippen molar-refractivity contribution in [3.8, 4) is 34.8 Å². The number of carbonyl (C=O) groups excluding carboxylic acids is 2. The monoisotopic (exact) mass is 614 g/mol. The maximum atomic E-state index is 11.1. The van der Waals surface area contributed by atoms with Crippen LogP contribution in [0.1, 0.15) is 22.3 Å². The third-order valence-electron chi connectivity index (χ3n) is 6.04. The summed E-state index contributed by atoms with van der Waals surface area (Å²) in [5.74, 6) is 13.5. The minimum Gasteiger partial charge on any atom is -0.462 e. The molecule has 0 atom stereocenters. The molecule has 0 radical (unpaired) electrons. The average molecular weight is 615 g/mol. The Morgan fingerprint density at radius 3 is 1.11 bits per heavy atom. The lowest BCUT2D eigenvalue weighted by Gasteiger charge is -2.03. The third-order valence-corrected chi connectivity index (χ3v) is 7.99. The van der Waals surface area contributed by atoms with E-state index in [1.54, 1.807) is 23.5 Å². The van der Waals surface area contributed by atoms with Gasteiger partial charge < -0.3 is 9.47 Å². The summed E-state index contributed by atoms with van der Waals surface area (Å²) >= 11 is 3.24. The van der Waals surface area contributed by atoms with Gasteiger partial charge in [-0.05, 0) is 83.9 Å². The Balaban J connectivity index is 1.26. The lowest BCUT2D eigenvalue weighted by molar-refractivity contribution is -0.138. The summed E-state index contributed by atoms with van der Waals surface area (Å²) in [6.45, 7) is 7.47. The second kappa shape index (κ2) is 17.3. The largest absolute Gasteiger partial charge is 0.462 e. The molecule has 0 heterocycles. The van der Waals surface area contributed by atoms with Crippen LogP contribution in [0.15, 0.2) is 132 Å². The van der Waals surface area contributed by atoms with Crippen molar-refractivity contribution in [1.29, 1.82) is 0 Å². The van der Waals surface area contributed by atoms with E-state index in [0.29, 0.717) is 24.7 Å². The molecule has 0 saturated carbocycles.